The zero-order chi connectivity index (χ0) is 21.9. The van der Waals surface area contributed by atoms with Gasteiger partial charge in [0.2, 0.25) is 0 Å². The van der Waals surface area contributed by atoms with Gasteiger partial charge in [-0.05, 0) is 0 Å². The SMILES string of the molecule is CC1=Cc2cc3c(cc2[CH]1[Ti]([CH3])([CH3])([NH]C(=O)C1CCCCC1)=[Si](C)C)CC(C)(C)C3. The molecule has 1 amide bonds. The van der Waals surface area contributed by atoms with Crippen LogP contribution in [0.1, 0.15) is 79.4 Å². The molecule has 0 radical (unpaired) electrons. The van der Waals surface area contributed by atoms with Crippen molar-refractivity contribution >= 4 is 18.2 Å². The molecule has 0 saturated heterocycles. The molecule has 0 aromatic heterocycles. The summed E-state index contributed by atoms with van der Waals surface area (Å²) >= 11 is -3.36. The van der Waals surface area contributed by atoms with E-state index in [0.717, 1.165) is 12.8 Å². The van der Waals surface area contributed by atoms with Crippen LogP contribution in [0.15, 0.2) is 17.7 Å². The molecule has 1 unspecified atom stereocenters. The van der Waals surface area contributed by atoms with Crippen LogP contribution < -0.4 is 3.80 Å². The summed E-state index contributed by atoms with van der Waals surface area (Å²) in [4.78, 5) is 13.5. The van der Waals surface area contributed by atoms with Gasteiger partial charge in [-0.15, -0.1) is 0 Å². The second kappa shape index (κ2) is 7.46. The van der Waals surface area contributed by atoms with Gasteiger partial charge in [0.05, 0.1) is 0 Å². The molecule has 1 saturated carbocycles. The molecule has 30 heavy (non-hydrogen) atoms. The summed E-state index contributed by atoms with van der Waals surface area (Å²) in [5.74, 6) is 0.625. The molecule has 4 rings (SSSR count). The molecule has 0 spiro atoms. The summed E-state index contributed by atoms with van der Waals surface area (Å²) in [6, 6.07) is 5.03. The summed E-state index contributed by atoms with van der Waals surface area (Å²) in [6.45, 7) is 12.0. The maximum atomic E-state index is 13.5. The van der Waals surface area contributed by atoms with E-state index in [-0.39, 0.29) is 5.92 Å². The molecule has 164 valence electrons. The van der Waals surface area contributed by atoms with Crippen molar-refractivity contribution in [1.82, 2.24) is 3.80 Å². The van der Waals surface area contributed by atoms with E-state index >= 15 is 0 Å². The van der Waals surface area contributed by atoms with Gasteiger partial charge in [-0.1, -0.05) is 0 Å². The molecule has 1 aromatic carbocycles. The van der Waals surface area contributed by atoms with E-state index in [1.54, 1.807) is 11.1 Å². The van der Waals surface area contributed by atoms with Crippen LogP contribution in [0, 0.1) is 11.3 Å². The van der Waals surface area contributed by atoms with Crippen molar-refractivity contribution in [2.75, 3.05) is 0 Å². The van der Waals surface area contributed by atoms with Crippen LogP contribution in [-0.2, 0) is 31.9 Å². The molecule has 4 heteroatoms. The van der Waals surface area contributed by atoms with Gasteiger partial charge in [0, 0.05) is 0 Å². The molecular formula is C26H41NOSiTi. The molecule has 0 heterocycles. The van der Waals surface area contributed by atoms with Crippen LogP contribution in [0.4, 0.5) is 0 Å². The van der Waals surface area contributed by atoms with Crippen LogP contribution >= 0.6 is 0 Å². The van der Waals surface area contributed by atoms with E-state index in [1.807, 2.05) is 0 Å². The van der Waals surface area contributed by atoms with Gasteiger partial charge in [0.25, 0.3) is 0 Å². The first-order valence-corrected chi connectivity index (χ1v) is 21.7. The Labute approximate surface area is 185 Å². The Kier molecular flexibility index (Phi) is 5.61. The number of hydrogen-bond donors (Lipinski definition) is 1. The molecular weight excluding hydrogens is 418 g/mol. The summed E-state index contributed by atoms with van der Waals surface area (Å²) in [5, 5.41) is 5.08. The second-order valence-corrected chi connectivity index (χ2v) is 34.5. The maximum absolute atomic E-state index is 13.5. The molecule has 3 aliphatic carbocycles. The van der Waals surface area contributed by atoms with Gasteiger partial charge in [0.1, 0.15) is 0 Å². The number of benzene rings is 1. The predicted octanol–water partition coefficient (Wildman–Crippen LogP) is 6.92. The average Bonchev–Trinajstić information content (AvgIpc) is 3.13. The number of rotatable bonds is 3. The molecule has 1 fully saturated rings. The molecule has 1 aromatic rings. The third kappa shape index (κ3) is 3.73. The van der Waals surface area contributed by atoms with Crippen molar-refractivity contribution in [3.8, 4) is 0 Å². The number of carbonyl (C=O) groups is 1. The van der Waals surface area contributed by atoms with Crippen LogP contribution in [0.2, 0.25) is 23.6 Å². The van der Waals surface area contributed by atoms with E-state index in [9.17, 15) is 4.79 Å². The normalized spacial score (nSPS) is 23.6. The fourth-order valence-electron chi connectivity index (χ4n) is 6.58. The Hall–Kier alpha value is -0.639. The molecule has 1 atom stereocenters. The number of hydrogen-bond acceptors (Lipinski definition) is 1. The van der Waals surface area contributed by atoms with Crippen molar-refractivity contribution in [2.24, 2.45) is 11.3 Å². The van der Waals surface area contributed by atoms with Gasteiger partial charge in [-0.3, -0.25) is 0 Å². The predicted molar refractivity (Wildman–Crippen MR) is 128 cm³/mol. The summed E-state index contributed by atoms with van der Waals surface area (Å²) in [7, 11) is 0. The van der Waals surface area contributed by atoms with E-state index < -0.39 is 20.5 Å². The molecule has 0 bridgehead atoms. The Morgan fingerprint density at radius 3 is 2.27 bits per heavy atom. The van der Waals surface area contributed by atoms with Gasteiger partial charge in [-0.25, -0.2) is 0 Å². The standard InChI is InChI=1S/C15H17.C7H13NO.C2H6Si.2CH3.Ti/c1-10-4-11-6-13-8-15(2,3)9-14(13)7-12(11)5-10;8-7(9)6-4-2-1-3-5-6;1-3-2;;;/h4-7H,8-9H2,1-3H3;6H,1-5H2,(H2,8,9);1-2H3;2*1H3;/q;;;;;+1/p-1. The Balaban J connectivity index is 1.77. The fraction of sp³-hybridized carbons (Fsp3) is 0.654. The minimum absolute atomic E-state index is 0.244. The zero-order valence-electron chi connectivity index (χ0n) is 20.2. The summed E-state index contributed by atoms with van der Waals surface area (Å²) < 4.78 is 4.34. The number of allylic oxidation sites excluding steroid dienone is 1. The number of carbonyl (C=O) groups excluding carboxylic acids is 1. The fourth-order valence-corrected chi connectivity index (χ4v) is 19.2. The van der Waals surface area contributed by atoms with Gasteiger partial charge < -0.3 is 0 Å². The quantitative estimate of drug-likeness (QED) is 0.489. The van der Waals surface area contributed by atoms with Crippen LogP contribution in [0.3, 0.4) is 0 Å². The molecule has 3 aliphatic rings. The van der Waals surface area contributed by atoms with Crippen LogP contribution in [-0.4, -0.2) is 12.1 Å². The third-order valence-corrected chi connectivity index (χ3v) is 33.5. The molecule has 2 nitrogen and oxygen atoms in total. The Morgan fingerprint density at radius 2 is 1.67 bits per heavy atom. The average molecular weight is 460 g/mol. The summed E-state index contributed by atoms with van der Waals surface area (Å²) in [5.41, 5.74) is 7.93. The van der Waals surface area contributed by atoms with Crippen LogP contribution in [0.25, 0.3) is 6.08 Å². The van der Waals surface area contributed by atoms with Gasteiger partial charge in [0.15, 0.2) is 0 Å². The first kappa shape index (κ1) is 22.6. The Morgan fingerprint density at radius 1 is 1.07 bits per heavy atom. The van der Waals surface area contributed by atoms with E-state index in [1.165, 1.54) is 48.8 Å². The van der Waals surface area contributed by atoms with E-state index in [2.05, 4.69) is 66.3 Å². The first-order valence-electron chi connectivity index (χ1n) is 12.1. The van der Waals surface area contributed by atoms with Gasteiger partial charge >= 0.3 is 186 Å². The Bertz CT molecular complexity index is 1000. The van der Waals surface area contributed by atoms with Crippen LogP contribution in [0.5, 0.6) is 0 Å². The third-order valence-electron chi connectivity index (χ3n) is 8.78. The number of amides is 1. The van der Waals surface area contributed by atoms with Gasteiger partial charge in [-0.2, -0.15) is 0 Å². The molecule has 0 aliphatic heterocycles. The van der Waals surface area contributed by atoms with Crippen molar-refractivity contribution < 1.29 is 19.1 Å². The van der Waals surface area contributed by atoms with Crippen molar-refractivity contribution in [3.63, 3.8) is 0 Å². The van der Waals surface area contributed by atoms with Crippen molar-refractivity contribution in [3.05, 3.63) is 40.0 Å². The van der Waals surface area contributed by atoms with E-state index in [4.69, 9.17) is 0 Å². The first-order chi connectivity index (χ1) is 13.9. The summed E-state index contributed by atoms with van der Waals surface area (Å²) in [6.07, 6.45) is 10.0. The zero-order valence-corrected chi connectivity index (χ0v) is 22.8. The minimum atomic E-state index is -3.36. The van der Waals surface area contributed by atoms with Crippen molar-refractivity contribution in [1.29, 1.82) is 0 Å². The number of fused-ring (bicyclic) bond motifs is 2. The van der Waals surface area contributed by atoms with E-state index in [0.29, 0.717) is 15.5 Å². The monoisotopic (exact) mass is 459 g/mol. The number of nitrogens with one attached hydrogen (secondary N) is 1. The topological polar surface area (TPSA) is 29.1 Å². The molecule has 1 N–H and O–H groups in total. The van der Waals surface area contributed by atoms with Crippen molar-refractivity contribution in [2.45, 2.75) is 93.5 Å². The second-order valence-electron chi connectivity index (χ2n) is 12.4.